The second kappa shape index (κ2) is 8.34. The van der Waals surface area contributed by atoms with Gasteiger partial charge in [0.1, 0.15) is 4.83 Å². The highest BCUT2D eigenvalue weighted by Crippen LogP contribution is 2.38. The molecule has 1 saturated heterocycles. The summed E-state index contributed by atoms with van der Waals surface area (Å²) in [5, 5.41) is 1.52. The first-order valence-corrected chi connectivity index (χ1v) is 11.0. The third-order valence-corrected chi connectivity index (χ3v) is 7.24. The highest BCUT2D eigenvalue weighted by molar-refractivity contribution is 7.22. The van der Waals surface area contributed by atoms with Gasteiger partial charge in [-0.25, -0.2) is 0 Å². The molecule has 4 rings (SSSR count). The summed E-state index contributed by atoms with van der Waals surface area (Å²) in [5.74, 6) is -0.130. The Kier molecular flexibility index (Phi) is 6.02. The van der Waals surface area contributed by atoms with Gasteiger partial charge in [0.15, 0.2) is 5.78 Å². The molecule has 1 fully saturated rings. The second-order valence-electron chi connectivity index (χ2n) is 6.77. The Bertz CT molecular complexity index is 1040. The number of halogens is 3. The minimum absolute atomic E-state index is 0.130. The molecule has 3 aromatic rings. The van der Waals surface area contributed by atoms with Gasteiger partial charge in [-0.05, 0) is 25.1 Å². The quantitative estimate of drug-likeness (QED) is 0.472. The van der Waals surface area contributed by atoms with E-state index in [0.29, 0.717) is 20.5 Å². The molecule has 28 heavy (non-hydrogen) atoms. The first-order chi connectivity index (χ1) is 13.5. The monoisotopic (exact) mass is 456 g/mol. The number of ketones is 1. The second-order valence-corrected chi connectivity index (χ2v) is 9.21. The molecule has 0 bridgehead atoms. The van der Waals surface area contributed by atoms with Crippen LogP contribution in [0.3, 0.4) is 0 Å². The fourth-order valence-corrected chi connectivity index (χ4v) is 5.34. The Morgan fingerprint density at radius 1 is 1.18 bits per heavy atom. The largest absolute Gasteiger partial charge is 0.379 e. The van der Waals surface area contributed by atoms with Crippen molar-refractivity contribution in [1.29, 1.82) is 0 Å². The molecule has 148 valence electrons. The minimum Gasteiger partial charge on any atom is -0.379 e. The van der Waals surface area contributed by atoms with Crippen molar-refractivity contribution in [1.82, 2.24) is 9.47 Å². The van der Waals surface area contributed by atoms with Crippen LogP contribution in [-0.4, -0.2) is 48.1 Å². The van der Waals surface area contributed by atoms with Crippen LogP contribution in [0, 0.1) is 6.92 Å². The van der Waals surface area contributed by atoms with E-state index in [1.807, 2.05) is 13.0 Å². The molecule has 8 heteroatoms. The van der Waals surface area contributed by atoms with Crippen molar-refractivity contribution in [3.05, 3.63) is 55.5 Å². The number of carbonyl (C=O) groups excluding carboxylic acids is 1. The number of carbonyl (C=O) groups is 1. The van der Waals surface area contributed by atoms with Crippen LogP contribution < -0.4 is 0 Å². The minimum atomic E-state index is -0.130. The molecule has 4 nitrogen and oxygen atoms in total. The Morgan fingerprint density at radius 3 is 2.68 bits per heavy atom. The molecule has 3 heterocycles. The summed E-state index contributed by atoms with van der Waals surface area (Å²) in [6, 6.07) is 6.99. The summed E-state index contributed by atoms with van der Waals surface area (Å²) in [5.41, 5.74) is 1.98. The third-order valence-electron chi connectivity index (χ3n) is 5.13. The molecule has 1 aliphatic heterocycles. The zero-order chi connectivity index (χ0) is 19.8. The number of morpholine rings is 1. The number of aromatic nitrogens is 1. The van der Waals surface area contributed by atoms with Crippen molar-refractivity contribution >= 4 is 62.1 Å². The fourth-order valence-electron chi connectivity index (χ4n) is 3.65. The lowest BCUT2D eigenvalue weighted by Crippen LogP contribution is -2.38. The zero-order valence-electron chi connectivity index (χ0n) is 15.3. The van der Waals surface area contributed by atoms with Crippen LogP contribution in [0.4, 0.5) is 0 Å². The number of benzene rings is 1. The molecule has 0 N–H and O–H groups in total. The van der Waals surface area contributed by atoms with E-state index in [4.69, 9.17) is 39.5 Å². The molecular formula is C20H19Cl3N2O2S. The summed E-state index contributed by atoms with van der Waals surface area (Å²) in [6.07, 6.45) is 0. The van der Waals surface area contributed by atoms with Crippen LogP contribution in [0.15, 0.2) is 24.3 Å². The van der Waals surface area contributed by atoms with Crippen molar-refractivity contribution in [2.24, 2.45) is 0 Å². The summed E-state index contributed by atoms with van der Waals surface area (Å²) in [4.78, 5) is 16.7. The van der Waals surface area contributed by atoms with Gasteiger partial charge < -0.3 is 9.30 Å². The van der Waals surface area contributed by atoms with Crippen LogP contribution in [-0.2, 0) is 11.3 Å². The highest BCUT2D eigenvalue weighted by atomic mass is 35.5. The van der Waals surface area contributed by atoms with E-state index < -0.39 is 0 Å². The van der Waals surface area contributed by atoms with Crippen molar-refractivity contribution in [2.45, 2.75) is 13.5 Å². The summed E-state index contributed by atoms with van der Waals surface area (Å²) >= 11 is 20.2. The standard InChI is InChI=1S/C20H19Cl3N2O2S/c1-12-17(19(26)13-3-2-4-15(21)18(13)23)14-11-16(22)28-20(14)25(12)6-5-24-7-9-27-10-8-24/h2-4,11H,5-10H2,1H3. The number of rotatable bonds is 5. The summed E-state index contributed by atoms with van der Waals surface area (Å²) in [6.45, 7) is 7.05. The maximum absolute atomic E-state index is 13.4. The van der Waals surface area contributed by atoms with Gasteiger partial charge in [-0.1, -0.05) is 40.9 Å². The van der Waals surface area contributed by atoms with E-state index in [-0.39, 0.29) is 10.8 Å². The predicted octanol–water partition coefficient (Wildman–Crippen LogP) is 5.53. The van der Waals surface area contributed by atoms with E-state index in [1.54, 1.807) is 18.2 Å². The number of hydrogen-bond acceptors (Lipinski definition) is 4. The highest BCUT2D eigenvalue weighted by Gasteiger charge is 2.25. The number of nitrogens with zero attached hydrogens (tertiary/aromatic N) is 2. The van der Waals surface area contributed by atoms with Gasteiger partial charge in [0.25, 0.3) is 0 Å². The maximum Gasteiger partial charge on any atom is 0.197 e. The molecule has 0 unspecified atom stereocenters. The molecule has 1 aromatic carbocycles. The van der Waals surface area contributed by atoms with Crippen LogP contribution in [0.25, 0.3) is 10.2 Å². The number of ether oxygens (including phenoxy) is 1. The number of hydrogen-bond donors (Lipinski definition) is 0. The molecule has 2 aromatic heterocycles. The van der Waals surface area contributed by atoms with E-state index in [0.717, 1.165) is 55.3 Å². The van der Waals surface area contributed by atoms with Gasteiger partial charge in [-0.2, -0.15) is 0 Å². The fraction of sp³-hybridized carbons (Fsp3) is 0.350. The van der Waals surface area contributed by atoms with Gasteiger partial charge in [0.05, 0.1) is 33.2 Å². The molecule has 1 aliphatic rings. The van der Waals surface area contributed by atoms with Crippen LogP contribution >= 0.6 is 46.1 Å². The first kappa shape index (κ1) is 20.2. The predicted molar refractivity (Wildman–Crippen MR) is 117 cm³/mol. The molecule has 0 amide bonds. The smallest absolute Gasteiger partial charge is 0.197 e. The van der Waals surface area contributed by atoms with E-state index in [2.05, 4.69) is 9.47 Å². The molecule has 0 radical (unpaired) electrons. The molecule has 0 aliphatic carbocycles. The summed E-state index contributed by atoms with van der Waals surface area (Å²) < 4.78 is 8.27. The van der Waals surface area contributed by atoms with Crippen molar-refractivity contribution in [2.75, 3.05) is 32.8 Å². The Balaban J connectivity index is 1.73. The van der Waals surface area contributed by atoms with Crippen LogP contribution in [0.1, 0.15) is 21.6 Å². The van der Waals surface area contributed by atoms with Gasteiger partial charge in [-0.3, -0.25) is 9.69 Å². The molecule has 0 spiro atoms. The topological polar surface area (TPSA) is 34.5 Å². The lowest BCUT2D eigenvalue weighted by molar-refractivity contribution is 0.0365. The third kappa shape index (κ3) is 3.72. The number of fused-ring (bicyclic) bond motifs is 1. The lowest BCUT2D eigenvalue weighted by Gasteiger charge is -2.26. The lowest BCUT2D eigenvalue weighted by atomic mass is 10.0. The van der Waals surface area contributed by atoms with E-state index in [1.165, 1.54) is 11.3 Å². The van der Waals surface area contributed by atoms with E-state index >= 15 is 0 Å². The van der Waals surface area contributed by atoms with Crippen LogP contribution in [0.5, 0.6) is 0 Å². The van der Waals surface area contributed by atoms with Gasteiger partial charge in [0, 0.05) is 42.8 Å². The average molecular weight is 458 g/mol. The van der Waals surface area contributed by atoms with Crippen molar-refractivity contribution in [3.8, 4) is 0 Å². The average Bonchev–Trinajstić information content (AvgIpc) is 3.16. The first-order valence-electron chi connectivity index (χ1n) is 9.04. The molecular weight excluding hydrogens is 439 g/mol. The number of thiophene rings is 1. The maximum atomic E-state index is 13.4. The Labute approximate surface area is 182 Å². The van der Waals surface area contributed by atoms with Gasteiger partial charge >= 0.3 is 0 Å². The van der Waals surface area contributed by atoms with Gasteiger partial charge in [-0.15, -0.1) is 11.3 Å². The Hall–Kier alpha value is -1.08. The van der Waals surface area contributed by atoms with Crippen molar-refractivity contribution < 1.29 is 9.53 Å². The zero-order valence-corrected chi connectivity index (χ0v) is 18.4. The van der Waals surface area contributed by atoms with Crippen LogP contribution in [0.2, 0.25) is 14.4 Å². The van der Waals surface area contributed by atoms with E-state index in [9.17, 15) is 4.79 Å². The normalized spacial score (nSPS) is 15.4. The van der Waals surface area contributed by atoms with Gasteiger partial charge in [0.2, 0.25) is 0 Å². The van der Waals surface area contributed by atoms with Crippen molar-refractivity contribution in [3.63, 3.8) is 0 Å². The summed E-state index contributed by atoms with van der Waals surface area (Å²) in [7, 11) is 0. The molecule has 0 atom stereocenters. The molecule has 0 saturated carbocycles. The Morgan fingerprint density at radius 2 is 1.93 bits per heavy atom. The SMILES string of the molecule is Cc1c(C(=O)c2cccc(Cl)c2Cl)c2cc(Cl)sc2n1CCN1CCOCC1.